The van der Waals surface area contributed by atoms with Crippen molar-refractivity contribution in [3.63, 3.8) is 0 Å². The summed E-state index contributed by atoms with van der Waals surface area (Å²) < 4.78 is 4.94. The van der Waals surface area contributed by atoms with Gasteiger partial charge in [0.05, 0.1) is 12.2 Å². The molecule has 0 aliphatic rings. The molecule has 0 unspecified atom stereocenters. The van der Waals surface area contributed by atoms with E-state index in [1.807, 2.05) is 6.92 Å². The van der Waals surface area contributed by atoms with Crippen molar-refractivity contribution in [2.24, 2.45) is 5.92 Å². The molecule has 7 heteroatoms. The number of aryl methyl sites for hydroxylation is 1. The van der Waals surface area contributed by atoms with Gasteiger partial charge in [-0.3, -0.25) is 4.79 Å². The van der Waals surface area contributed by atoms with Crippen molar-refractivity contribution in [2.45, 2.75) is 34.1 Å². The average Bonchev–Trinajstić information content (AvgIpc) is 2.61. The number of hydrogen-bond acceptors (Lipinski definition) is 6. The van der Waals surface area contributed by atoms with E-state index >= 15 is 0 Å². The minimum absolute atomic E-state index is 0.281. The molecule has 27 heavy (non-hydrogen) atoms. The van der Waals surface area contributed by atoms with Gasteiger partial charge in [-0.2, -0.15) is 0 Å². The summed E-state index contributed by atoms with van der Waals surface area (Å²) in [6.07, 6.45) is 0.992. The Morgan fingerprint density at radius 1 is 1.15 bits per heavy atom. The zero-order valence-corrected chi connectivity index (χ0v) is 16.2. The van der Waals surface area contributed by atoms with Crippen molar-refractivity contribution in [3.8, 4) is 0 Å². The molecule has 2 N–H and O–H groups in total. The van der Waals surface area contributed by atoms with E-state index in [-0.39, 0.29) is 17.6 Å². The Hall–Kier alpha value is -2.96. The first-order valence-electron chi connectivity index (χ1n) is 9.07. The van der Waals surface area contributed by atoms with Crippen molar-refractivity contribution in [1.29, 1.82) is 0 Å². The number of anilines is 2. The molecule has 0 atom stereocenters. The van der Waals surface area contributed by atoms with Gasteiger partial charge in [0.1, 0.15) is 5.69 Å². The normalized spacial score (nSPS) is 10.6. The van der Waals surface area contributed by atoms with E-state index in [1.165, 1.54) is 0 Å². The molecular weight excluding hydrogens is 344 g/mol. The first-order valence-corrected chi connectivity index (χ1v) is 9.07. The molecule has 1 heterocycles. The molecule has 0 aliphatic carbocycles. The molecule has 1 aromatic carbocycles. The highest BCUT2D eigenvalue weighted by Crippen LogP contribution is 2.13. The monoisotopic (exact) mass is 370 g/mol. The number of carbonyl (C=O) groups excluding carboxylic acids is 2. The predicted molar refractivity (Wildman–Crippen MR) is 105 cm³/mol. The second-order valence-corrected chi connectivity index (χ2v) is 6.58. The molecule has 2 rings (SSSR count). The number of aromatic nitrogens is 2. The molecule has 7 nitrogen and oxygen atoms in total. The van der Waals surface area contributed by atoms with Crippen molar-refractivity contribution < 1.29 is 14.3 Å². The number of nitrogens with zero attached hydrogens (tertiary/aromatic N) is 2. The lowest BCUT2D eigenvalue weighted by molar-refractivity contribution is 0.0526. The molecule has 0 aliphatic heterocycles. The smallest absolute Gasteiger partial charge is 0.338 e. The van der Waals surface area contributed by atoms with Crippen LogP contribution in [0.4, 0.5) is 11.6 Å². The maximum atomic E-state index is 12.5. The van der Waals surface area contributed by atoms with Crippen LogP contribution in [0.25, 0.3) is 0 Å². The molecule has 2 aromatic rings. The maximum absolute atomic E-state index is 12.5. The molecule has 0 saturated carbocycles. The van der Waals surface area contributed by atoms with E-state index in [2.05, 4.69) is 34.4 Å². The quantitative estimate of drug-likeness (QED) is 0.689. The van der Waals surface area contributed by atoms with Crippen LogP contribution in [0.1, 0.15) is 53.7 Å². The van der Waals surface area contributed by atoms with Crippen molar-refractivity contribution in [2.75, 3.05) is 23.8 Å². The Bertz CT molecular complexity index is 788. The van der Waals surface area contributed by atoms with Crippen LogP contribution in [0.15, 0.2) is 30.3 Å². The fourth-order valence-electron chi connectivity index (χ4n) is 2.34. The van der Waals surface area contributed by atoms with Gasteiger partial charge < -0.3 is 15.4 Å². The number of nitrogens with one attached hydrogen (secondary N) is 2. The molecular formula is C20H26N4O3. The van der Waals surface area contributed by atoms with E-state index in [9.17, 15) is 9.59 Å². The number of rotatable bonds is 8. The summed E-state index contributed by atoms with van der Waals surface area (Å²) in [4.78, 5) is 32.8. The second kappa shape index (κ2) is 9.66. The van der Waals surface area contributed by atoms with Crippen molar-refractivity contribution >= 4 is 23.5 Å². The highest BCUT2D eigenvalue weighted by Gasteiger charge is 2.12. The third-order valence-corrected chi connectivity index (χ3v) is 3.75. The lowest BCUT2D eigenvalue weighted by atomic mass is 10.1. The summed E-state index contributed by atoms with van der Waals surface area (Å²) in [6.45, 7) is 8.92. The third-order valence-electron chi connectivity index (χ3n) is 3.75. The van der Waals surface area contributed by atoms with Crippen LogP contribution in [0.3, 0.4) is 0 Å². The average molecular weight is 370 g/mol. The second-order valence-electron chi connectivity index (χ2n) is 6.58. The molecule has 0 fully saturated rings. The SMILES string of the molecule is CCOC(=O)c1ccc(NC(=O)c2cc(C)nc(NCCC(C)C)n2)cc1. The predicted octanol–water partition coefficient (Wildman–Crippen LogP) is 3.67. The van der Waals surface area contributed by atoms with Gasteiger partial charge in [-0.25, -0.2) is 14.8 Å². The van der Waals surface area contributed by atoms with Crippen LogP contribution < -0.4 is 10.6 Å². The van der Waals surface area contributed by atoms with Gasteiger partial charge in [0.15, 0.2) is 0 Å². The molecule has 1 amide bonds. The Labute approximate surface area is 159 Å². The third kappa shape index (κ3) is 6.36. The summed E-state index contributed by atoms with van der Waals surface area (Å²) in [6, 6.07) is 8.16. The van der Waals surface area contributed by atoms with Crippen LogP contribution >= 0.6 is 0 Å². The summed E-state index contributed by atoms with van der Waals surface area (Å²) in [5.41, 5.74) is 1.99. The van der Waals surface area contributed by atoms with Gasteiger partial charge >= 0.3 is 5.97 Å². The Balaban J connectivity index is 2.04. The van der Waals surface area contributed by atoms with Crippen LogP contribution in [0, 0.1) is 12.8 Å². The first-order chi connectivity index (χ1) is 12.9. The summed E-state index contributed by atoms with van der Waals surface area (Å²) >= 11 is 0. The zero-order chi connectivity index (χ0) is 19.8. The molecule has 0 bridgehead atoms. The molecule has 1 aromatic heterocycles. The minimum atomic E-state index is -0.390. The number of esters is 1. The fraction of sp³-hybridized carbons (Fsp3) is 0.400. The highest BCUT2D eigenvalue weighted by atomic mass is 16.5. The molecule has 0 spiro atoms. The standard InChI is InChI=1S/C20H26N4O3/c1-5-27-19(26)15-6-8-16(9-7-15)23-18(25)17-12-14(4)22-20(24-17)21-11-10-13(2)3/h6-9,12-13H,5,10-11H2,1-4H3,(H,23,25)(H,21,22,24). The first kappa shape index (κ1) is 20.4. The van der Waals surface area contributed by atoms with Crippen molar-refractivity contribution in [1.82, 2.24) is 9.97 Å². The maximum Gasteiger partial charge on any atom is 0.338 e. The van der Waals surface area contributed by atoms with E-state index < -0.39 is 0 Å². The topological polar surface area (TPSA) is 93.2 Å². The molecule has 144 valence electrons. The summed E-state index contributed by atoms with van der Waals surface area (Å²) in [5, 5.41) is 5.93. The van der Waals surface area contributed by atoms with Crippen molar-refractivity contribution in [3.05, 3.63) is 47.3 Å². The zero-order valence-electron chi connectivity index (χ0n) is 16.2. The lowest BCUT2D eigenvalue weighted by Gasteiger charge is -2.10. The van der Waals surface area contributed by atoms with E-state index in [1.54, 1.807) is 37.3 Å². The van der Waals surface area contributed by atoms with Gasteiger partial charge in [-0.05, 0) is 56.5 Å². The Kier molecular flexibility index (Phi) is 7.28. The number of amides is 1. The van der Waals surface area contributed by atoms with Crippen LogP contribution in [0.5, 0.6) is 0 Å². The van der Waals surface area contributed by atoms with E-state index in [0.29, 0.717) is 35.4 Å². The summed E-state index contributed by atoms with van der Waals surface area (Å²) in [7, 11) is 0. The van der Waals surface area contributed by atoms with Gasteiger partial charge in [-0.1, -0.05) is 13.8 Å². The number of ether oxygens (including phenoxy) is 1. The van der Waals surface area contributed by atoms with Gasteiger partial charge in [-0.15, -0.1) is 0 Å². The summed E-state index contributed by atoms with van der Waals surface area (Å²) in [5.74, 6) is 0.288. The Morgan fingerprint density at radius 3 is 2.48 bits per heavy atom. The van der Waals surface area contributed by atoms with Gasteiger partial charge in [0.25, 0.3) is 5.91 Å². The fourth-order valence-corrected chi connectivity index (χ4v) is 2.34. The number of hydrogen-bond donors (Lipinski definition) is 2. The van der Waals surface area contributed by atoms with Crippen LogP contribution in [0.2, 0.25) is 0 Å². The van der Waals surface area contributed by atoms with E-state index in [0.717, 1.165) is 13.0 Å². The Morgan fingerprint density at radius 2 is 1.85 bits per heavy atom. The van der Waals surface area contributed by atoms with E-state index in [4.69, 9.17) is 4.74 Å². The van der Waals surface area contributed by atoms with Gasteiger partial charge in [0.2, 0.25) is 5.95 Å². The van der Waals surface area contributed by atoms with Gasteiger partial charge in [0, 0.05) is 17.9 Å². The van der Waals surface area contributed by atoms with Crippen LogP contribution in [-0.2, 0) is 4.74 Å². The minimum Gasteiger partial charge on any atom is -0.462 e. The number of carbonyl (C=O) groups is 2. The highest BCUT2D eigenvalue weighted by molar-refractivity contribution is 6.03. The van der Waals surface area contributed by atoms with Crippen LogP contribution in [-0.4, -0.2) is 35.0 Å². The lowest BCUT2D eigenvalue weighted by Crippen LogP contribution is -2.17. The largest absolute Gasteiger partial charge is 0.462 e. The molecule has 0 saturated heterocycles. The number of benzene rings is 1. The molecule has 0 radical (unpaired) electrons.